The van der Waals surface area contributed by atoms with Crippen molar-refractivity contribution in [3.8, 4) is 23.5 Å². The number of alkyl halides is 8. The van der Waals surface area contributed by atoms with Gasteiger partial charge in [0.2, 0.25) is 23.5 Å². The molecule has 44 heteroatoms. The standard InChI is InChI=1S/C26H22F2N6O2.C25H21F2N7O2.C24H19F2N7O2.C23H18F2N8O2/c1-31-10-9-16-11-20(5-7-22(16)31)34-25-17(3-8-24(29-25)36-15-23(27)28)14-33(26(34)35)19-4-6-21-18(12-19)13-32(2)30-21;1-31-14-28-20-7-5-18(10-21(20)31)34-24-15(3-8-23(29-24)36-13-22(26)27)12-33(25(34)35)17-4-6-19-16(9-17)11-32(2)30-19;1-30-11-16-10-17(3-5-19(16)29-30)32-12-15-2-7-22(35-14-20(25)26)28-23(15)33(24(32)34)18-4-6-21-27-8-9-31(21)13-18;1-30-9-15-8-16(3-5-18(15)29-30)31-10-14-2-7-21(35-12-19(24)25)28-22(14)33(23(31)34)17-4-6-20-26-13-27-32(20)11-17/h3-13,23H,14-15H2,1-2H3;3-11,14,22H,12-13H2,1-2H3;2-11,13,20H,12,14H2,1H3;2-9,11,13,19H,10,12H2,1H3. The lowest BCUT2D eigenvalue weighted by molar-refractivity contribution is 0.0794. The minimum absolute atomic E-state index is 0.00825. The van der Waals surface area contributed by atoms with Crippen molar-refractivity contribution < 1.29 is 73.2 Å². The van der Waals surface area contributed by atoms with Gasteiger partial charge in [-0.1, -0.05) is 0 Å². The molecule has 0 bridgehead atoms. The van der Waals surface area contributed by atoms with Crippen molar-refractivity contribution in [3.05, 3.63) is 279 Å². The Hall–Kier alpha value is -18.2. The zero-order valence-corrected chi connectivity index (χ0v) is 76.0. The molecule has 0 aliphatic carbocycles. The summed E-state index contributed by atoms with van der Waals surface area (Å²) in [5, 5.41) is 26.3. The summed E-state index contributed by atoms with van der Waals surface area (Å²) in [5.41, 5.74) is 15.3. The molecule has 0 saturated carbocycles. The predicted octanol–water partition coefficient (Wildman–Crippen LogP) is 18.6. The highest BCUT2D eigenvalue weighted by Crippen LogP contribution is 2.45. The van der Waals surface area contributed by atoms with Crippen LogP contribution in [0.5, 0.6) is 23.5 Å². The number of hydrogen-bond donors (Lipinski definition) is 0. The van der Waals surface area contributed by atoms with Gasteiger partial charge in [0.1, 0.15) is 35.2 Å². The number of urea groups is 4. The first-order valence-electron chi connectivity index (χ1n) is 44.2. The average molecular weight is 1930 g/mol. The van der Waals surface area contributed by atoms with Crippen LogP contribution in [0.1, 0.15) is 22.3 Å². The molecule has 0 spiro atoms. The van der Waals surface area contributed by atoms with E-state index in [2.05, 4.69) is 60.4 Å². The molecule has 0 saturated heterocycles. The Bertz CT molecular complexity index is 8090. The lowest BCUT2D eigenvalue weighted by Gasteiger charge is -2.36. The summed E-state index contributed by atoms with van der Waals surface area (Å²) in [4.78, 5) is 98.7. The highest BCUT2D eigenvalue weighted by Gasteiger charge is 2.41. The third-order valence-electron chi connectivity index (χ3n) is 23.9. The Balaban J connectivity index is 0.000000112. The molecule has 4 aliphatic heterocycles. The highest BCUT2D eigenvalue weighted by atomic mass is 19.3. The van der Waals surface area contributed by atoms with Gasteiger partial charge in [-0.3, -0.25) is 38.3 Å². The zero-order valence-electron chi connectivity index (χ0n) is 76.0. The number of aromatic nitrogens is 20. The molecule has 18 heterocycles. The minimum Gasteiger partial charge on any atom is -0.472 e. The Morgan fingerprint density at radius 1 is 0.310 bits per heavy atom. The van der Waals surface area contributed by atoms with Crippen molar-refractivity contribution in [2.45, 2.75) is 51.9 Å². The van der Waals surface area contributed by atoms with E-state index in [1.807, 2.05) is 192 Å². The molecular weight excluding hydrogens is 1850 g/mol. The average Bonchev–Trinajstić information content (AvgIpc) is 1.10. The summed E-state index contributed by atoms with van der Waals surface area (Å²) >= 11 is 0. The van der Waals surface area contributed by atoms with Crippen LogP contribution in [0.15, 0.2) is 256 Å². The van der Waals surface area contributed by atoms with Crippen molar-refractivity contribution in [3.63, 3.8) is 0 Å². The fourth-order valence-corrected chi connectivity index (χ4v) is 17.4. The minimum atomic E-state index is -2.64. The first-order valence-corrected chi connectivity index (χ1v) is 44.2. The van der Waals surface area contributed by atoms with Gasteiger partial charge in [-0.15, -0.1) is 0 Å². The van der Waals surface area contributed by atoms with Crippen LogP contribution in [0.2, 0.25) is 0 Å². The molecule has 6 aromatic carbocycles. The second-order valence-corrected chi connectivity index (χ2v) is 33.6. The van der Waals surface area contributed by atoms with E-state index in [1.165, 1.54) is 38.1 Å². The van der Waals surface area contributed by atoms with E-state index >= 15 is 0 Å². The van der Waals surface area contributed by atoms with Crippen molar-refractivity contribution >= 4 is 170 Å². The number of carbonyl (C=O) groups is 4. The summed E-state index contributed by atoms with van der Waals surface area (Å²) < 4.78 is 136. The first kappa shape index (κ1) is 90.3. The molecule has 36 nitrogen and oxygen atoms in total. The van der Waals surface area contributed by atoms with E-state index < -0.39 is 52.1 Å². The Morgan fingerprint density at radius 3 is 1.06 bits per heavy atom. The first-order chi connectivity index (χ1) is 68.7. The lowest BCUT2D eigenvalue weighted by atomic mass is 10.1. The Kier molecular flexibility index (Phi) is 23.6. The predicted molar refractivity (Wildman–Crippen MR) is 512 cm³/mol. The molecule has 4 aliphatic rings. The number of halogens is 8. The number of amides is 8. The molecular formula is C98H80F8N28O8. The third-order valence-corrected chi connectivity index (χ3v) is 23.9. The molecule has 0 radical (unpaired) electrons. The molecule has 142 heavy (non-hydrogen) atoms. The highest BCUT2D eigenvalue weighted by molar-refractivity contribution is 6.15. The van der Waals surface area contributed by atoms with Gasteiger partial charge in [-0.05, 0) is 164 Å². The smallest absolute Gasteiger partial charge is 0.335 e. The number of carbonyl (C=O) groups excluding carboxylic acids is 4. The van der Waals surface area contributed by atoms with Crippen LogP contribution in [0, 0.1) is 0 Å². The van der Waals surface area contributed by atoms with E-state index in [1.54, 1.807) is 145 Å². The number of rotatable bonds is 20. The molecule has 24 rings (SSSR count). The van der Waals surface area contributed by atoms with Crippen molar-refractivity contribution in [1.29, 1.82) is 0 Å². The largest absolute Gasteiger partial charge is 0.472 e. The van der Waals surface area contributed by atoms with E-state index in [9.17, 15) is 54.3 Å². The van der Waals surface area contributed by atoms with Gasteiger partial charge in [0, 0.05) is 194 Å². The van der Waals surface area contributed by atoms with Gasteiger partial charge >= 0.3 is 24.1 Å². The molecule has 14 aromatic heterocycles. The zero-order chi connectivity index (χ0) is 98.2. The molecule has 8 amide bonds. The second-order valence-electron chi connectivity index (χ2n) is 33.6. The van der Waals surface area contributed by atoms with Gasteiger partial charge in [-0.2, -0.15) is 45.4 Å². The fourth-order valence-electron chi connectivity index (χ4n) is 17.4. The van der Waals surface area contributed by atoms with Crippen LogP contribution >= 0.6 is 0 Å². The second kappa shape index (κ2) is 37.1. The van der Waals surface area contributed by atoms with Crippen molar-refractivity contribution in [2.24, 2.45) is 42.3 Å². The maximum atomic E-state index is 14.0. The number of imidazole rings is 2. The molecule has 0 N–H and O–H groups in total. The normalized spacial score (nSPS) is 13.8. The number of benzene rings is 6. The summed E-state index contributed by atoms with van der Waals surface area (Å²) in [7, 11) is 11.2. The number of pyridine rings is 6. The summed E-state index contributed by atoms with van der Waals surface area (Å²) in [6.45, 7) is -2.10. The number of anilines is 12. The van der Waals surface area contributed by atoms with E-state index in [0.29, 0.717) is 68.7 Å². The van der Waals surface area contributed by atoms with Crippen LogP contribution in [-0.4, -0.2) is 173 Å². The van der Waals surface area contributed by atoms with Crippen LogP contribution < -0.4 is 58.1 Å². The number of fused-ring (bicyclic) bond motifs is 12. The number of aryl methyl sites for hydroxylation is 6. The van der Waals surface area contributed by atoms with Crippen LogP contribution in [-0.2, 0) is 68.5 Å². The van der Waals surface area contributed by atoms with Crippen molar-refractivity contribution in [2.75, 3.05) is 65.6 Å². The van der Waals surface area contributed by atoms with Gasteiger partial charge in [0.25, 0.3) is 25.7 Å². The molecule has 0 fully saturated rings. The lowest BCUT2D eigenvalue weighted by Crippen LogP contribution is -2.45. The van der Waals surface area contributed by atoms with Crippen LogP contribution in [0.4, 0.5) is 123 Å². The van der Waals surface area contributed by atoms with Crippen LogP contribution in [0.3, 0.4) is 0 Å². The van der Waals surface area contributed by atoms with Gasteiger partial charge in [0.05, 0.1) is 94.6 Å². The summed E-state index contributed by atoms with van der Waals surface area (Å²) in [5.74, 6) is 1.44. The molecule has 716 valence electrons. The number of nitrogens with zero attached hydrogens (tertiary/aromatic N) is 28. The molecule has 20 aromatic rings. The topological polar surface area (TPSA) is 324 Å². The Labute approximate surface area is 798 Å². The van der Waals surface area contributed by atoms with Gasteiger partial charge < -0.3 is 32.5 Å². The van der Waals surface area contributed by atoms with Gasteiger partial charge in [0.15, 0.2) is 32.1 Å². The van der Waals surface area contributed by atoms with Gasteiger partial charge in [-0.25, -0.2) is 93.4 Å². The monoisotopic (exact) mass is 1930 g/mol. The summed E-state index contributed by atoms with van der Waals surface area (Å²) in [6.07, 6.45) is 8.95. The van der Waals surface area contributed by atoms with Crippen LogP contribution in [0.25, 0.3) is 76.8 Å². The van der Waals surface area contributed by atoms with E-state index in [0.717, 1.165) is 99.1 Å². The Morgan fingerprint density at radius 2 is 0.655 bits per heavy atom. The number of ether oxygens (including phenoxy) is 4. The van der Waals surface area contributed by atoms with Crippen molar-refractivity contribution in [1.82, 2.24) is 97.2 Å². The quantitative estimate of drug-likeness (QED) is 0.0640. The SMILES string of the molecule is Cn1cc2cc(N3Cc4ccc(OCC(F)F)nc4N(c4ccc5c(ccn5C)c4)C3=O)ccc2n1.Cn1cc2cc(N3Cc4ccc(OCC(F)F)nc4N(c4ccc5nccn5c4)C3=O)ccc2n1.Cn1cc2cc(N3Cc4ccc(OCC(F)F)nc4N(c4ccc5ncn(C)c5c4)C3=O)ccc2n1.Cn1cc2cc(N3Cc4ccc(OCC(F)F)nc4N(c4ccc5ncnn5c4)C3=O)ccc2n1. The summed E-state index contributed by atoms with van der Waals surface area (Å²) in [6, 6.07) is 54.5. The third kappa shape index (κ3) is 17.8. The molecule has 0 unspecified atom stereocenters. The maximum absolute atomic E-state index is 14.0. The van der Waals surface area contributed by atoms with E-state index in [4.69, 9.17) is 18.9 Å². The maximum Gasteiger partial charge on any atom is 0.335 e. The molecule has 0 atom stereocenters. The number of hydrogen-bond acceptors (Lipinski definition) is 20. The fraction of sp³-hybridized carbons (Fsp3) is 0.184. The van der Waals surface area contributed by atoms with E-state index in [-0.39, 0.29) is 73.8 Å².